The zero-order valence-electron chi connectivity index (χ0n) is 12.5. The lowest BCUT2D eigenvalue weighted by Gasteiger charge is -2.11. The highest BCUT2D eigenvalue weighted by atomic mass is 16.1. The molecule has 20 heavy (non-hydrogen) atoms. The Morgan fingerprint density at radius 3 is 2.70 bits per heavy atom. The molecule has 0 saturated carbocycles. The third-order valence-corrected chi connectivity index (χ3v) is 3.68. The molecule has 0 radical (unpaired) electrons. The average molecular weight is 275 g/mol. The van der Waals surface area contributed by atoms with Crippen LogP contribution in [0, 0.1) is 5.92 Å². The number of benzene rings is 1. The summed E-state index contributed by atoms with van der Waals surface area (Å²) in [5, 5.41) is 6.31. The molecule has 1 heterocycles. The molecule has 1 unspecified atom stereocenters. The Kier molecular flexibility index (Phi) is 5.56. The first kappa shape index (κ1) is 15.0. The second-order valence-electron chi connectivity index (χ2n) is 5.88. The summed E-state index contributed by atoms with van der Waals surface area (Å²) in [6.45, 7) is 3.08. The summed E-state index contributed by atoms with van der Waals surface area (Å²) in [6, 6.07) is 8.09. The molecule has 2 rings (SSSR count). The summed E-state index contributed by atoms with van der Waals surface area (Å²) in [4.78, 5) is 14.0. The van der Waals surface area contributed by atoms with Gasteiger partial charge in [-0.3, -0.25) is 4.79 Å². The van der Waals surface area contributed by atoms with Crippen molar-refractivity contribution in [1.29, 1.82) is 0 Å². The topological polar surface area (TPSA) is 44.4 Å². The number of carbonyl (C=O) groups is 1. The maximum Gasteiger partial charge on any atom is 0.224 e. The van der Waals surface area contributed by atoms with Crippen molar-refractivity contribution < 1.29 is 4.79 Å². The van der Waals surface area contributed by atoms with E-state index in [1.165, 1.54) is 12.0 Å². The number of carbonyl (C=O) groups excluding carboxylic acids is 1. The van der Waals surface area contributed by atoms with Crippen LogP contribution in [0.15, 0.2) is 24.3 Å². The van der Waals surface area contributed by atoms with Gasteiger partial charge in [0.1, 0.15) is 0 Å². The van der Waals surface area contributed by atoms with Crippen molar-refractivity contribution in [1.82, 2.24) is 10.2 Å². The first-order valence-corrected chi connectivity index (χ1v) is 7.38. The van der Waals surface area contributed by atoms with Crippen molar-refractivity contribution in [3.05, 3.63) is 29.8 Å². The lowest BCUT2D eigenvalue weighted by Crippen LogP contribution is -2.15. The molecule has 0 aliphatic carbocycles. The molecule has 0 aromatic heterocycles. The zero-order chi connectivity index (χ0) is 14.4. The van der Waals surface area contributed by atoms with Crippen molar-refractivity contribution >= 4 is 11.6 Å². The zero-order valence-corrected chi connectivity index (χ0v) is 12.5. The second-order valence-corrected chi connectivity index (χ2v) is 5.88. The molecule has 1 aromatic rings. The van der Waals surface area contributed by atoms with Gasteiger partial charge in [-0.1, -0.05) is 12.1 Å². The van der Waals surface area contributed by atoms with Gasteiger partial charge in [-0.05, 0) is 63.6 Å². The molecule has 1 atom stereocenters. The van der Waals surface area contributed by atoms with Gasteiger partial charge < -0.3 is 15.5 Å². The minimum Gasteiger partial charge on any atom is -0.326 e. The van der Waals surface area contributed by atoms with Crippen molar-refractivity contribution in [2.75, 3.05) is 32.5 Å². The van der Waals surface area contributed by atoms with Crippen LogP contribution in [0.1, 0.15) is 24.8 Å². The van der Waals surface area contributed by atoms with Crippen LogP contribution in [0.5, 0.6) is 0 Å². The Labute approximate surface area is 121 Å². The van der Waals surface area contributed by atoms with Crippen molar-refractivity contribution in [3.63, 3.8) is 0 Å². The molecule has 1 aliphatic heterocycles. The Morgan fingerprint density at radius 2 is 2.10 bits per heavy atom. The summed E-state index contributed by atoms with van der Waals surface area (Å²) >= 11 is 0. The largest absolute Gasteiger partial charge is 0.326 e. The van der Waals surface area contributed by atoms with Crippen molar-refractivity contribution in [2.45, 2.75) is 25.8 Å². The van der Waals surface area contributed by atoms with E-state index in [0.29, 0.717) is 12.3 Å². The van der Waals surface area contributed by atoms with Crippen LogP contribution in [0.25, 0.3) is 0 Å². The van der Waals surface area contributed by atoms with Gasteiger partial charge in [0.2, 0.25) is 5.91 Å². The van der Waals surface area contributed by atoms with Crippen LogP contribution in [0.4, 0.5) is 5.69 Å². The van der Waals surface area contributed by atoms with Crippen molar-refractivity contribution in [2.24, 2.45) is 5.92 Å². The molecular formula is C16H25N3O. The van der Waals surface area contributed by atoms with Gasteiger partial charge in [0.15, 0.2) is 0 Å². The van der Waals surface area contributed by atoms with Crippen LogP contribution in [-0.4, -0.2) is 38.0 Å². The molecule has 0 spiro atoms. The molecule has 110 valence electrons. The number of anilines is 1. The molecule has 0 bridgehead atoms. The first-order chi connectivity index (χ1) is 9.63. The minimum absolute atomic E-state index is 0.122. The number of amides is 1. The maximum atomic E-state index is 11.9. The van der Waals surface area contributed by atoms with Gasteiger partial charge in [-0.25, -0.2) is 0 Å². The fraction of sp³-hybridized carbons (Fsp3) is 0.562. The fourth-order valence-corrected chi connectivity index (χ4v) is 2.58. The van der Waals surface area contributed by atoms with Gasteiger partial charge in [-0.2, -0.15) is 0 Å². The van der Waals surface area contributed by atoms with Crippen LogP contribution in [0.2, 0.25) is 0 Å². The molecule has 1 fully saturated rings. The van der Waals surface area contributed by atoms with Gasteiger partial charge in [0, 0.05) is 18.7 Å². The van der Waals surface area contributed by atoms with Gasteiger partial charge in [0.25, 0.3) is 0 Å². The normalized spacial score (nSPS) is 18.4. The summed E-state index contributed by atoms with van der Waals surface area (Å²) in [5.74, 6) is 0.792. The molecule has 4 heteroatoms. The first-order valence-electron chi connectivity index (χ1n) is 7.38. The third kappa shape index (κ3) is 4.94. The number of nitrogens with zero attached hydrogens (tertiary/aromatic N) is 1. The predicted molar refractivity (Wildman–Crippen MR) is 82.7 cm³/mol. The highest BCUT2D eigenvalue weighted by Crippen LogP contribution is 2.16. The molecule has 2 N–H and O–H groups in total. The fourth-order valence-electron chi connectivity index (χ4n) is 2.58. The summed E-state index contributed by atoms with van der Waals surface area (Å²) < 4.78 is 0. The lowest BCUT2D eigenvalue weighted by atomic mass is 10.0. The molecule has 1 amide bonds. The quantitative estimate of drug-likeness (QED) is 0.835. The van der Waals surface area contributed by atoms with E-state index in [1.54, 1.807) is 0 Å². The van der Waals surface area contributed by atoms with Gasteiger partial charge in [-0.15, -0.1) is 0 Å². The monoisotopic (exact) mass is 275 g/mol. The summed E-state index contributed by atoms with van der Waals surface area (Å²) in [5.41, 5.74) is 2.15. The number of nitrogens with one attached hydrogen (secondary N) is 2. The second kappa shape index (κ2) is 7.41. The summed E-state index contributed by atoms with van der Waals surface area (Å²) in [7, 11) is 4.10. The van der Waals surface area contributed by atoms with E-state index in [2.05, 4.69) is 27.7 Å². The molecular weight excluding hydrogens is 250 g/mol. The lowest BCUT2D eigenvalue weighted by molar-refractivity contribution is -0.116. The Hall–Kier alpha value is -1.39. The highest BCUT2D eigenvalue weighted by Gasteiger charge is 2.15. The molecule has 1 aromatic carbocycles. The Morgan fingerprint density at radius 1 is 1.35 bits per heavy atom. The molecule has 1 saturated heterocycles. The highest BCUT2D eigenvalue weighted by molar-refractivity contribution is 5.90. The van der Waals surface area contributed by atoms with Gasteiger partial charge in [0.05, 0.1) is 0 Å². The standard InChI is InChI=1S/C16H25N3O/c1-19(2)12-14-3-6-15(7-4-14)18-16(20)8-5-13-9-10-17-11-13/h3-4,6-7,13,17H,5,8-12H2,1-2H3,(H,18,20). The van der Waals surface area contributed by atoms with Crippen LogP contribution >= 0.6 is 0 Å². The van der Waals surface area contributed by atoms with E-state index >= 15 is 0 Å². The van der Waals surface area contributed by atoms with Crippen LogP contribution in [0.3, 0.4) is 0 Å². The summed E-state index contributed by atoms with van der Waals surface area (Å²) in [6.07, 6.45) is 2.80. The average Bonchev–Trinajstić information content (AvgIpc) is 2.91. The predicted octanol–water partition coefficient (Wildman–Crippen LogP) is 2.08. The molecule has 1 aliphatic rings. The van der Waals surface area contributed by atoms with E-state index in [4.69, 9.17) is 0 Å². The Bertz CT molecular complexity index is 422. The number of rotatable bonds is 6. The van der Waals surface area contributed by atoms with E-state index in [-0.39, 0.29) is 5.91 Å². The van der Waals surface area contributed by atoms with E-state index in [1.807, 2.05) is 26.2 Å². The van der Waals surface area contributed by atoms with Gasteiger partial charge >= 0.3 is 0 Å². The van der Waals surface area contributed by atoms with Crippen LogP contribution in [-0.2, 0) is 11.3 Å². The number of hydrogen-bond acceptors (Lipinski definition) is 3. The third-order valence-electron chi connectivity index (χ3n) is 3.68. The maximum absolute atomic E-state index is 11.9. The van der Waals surface area contributed by atoms with E-state index in [0.717, 1.165) is 31.7 Å². The SMILES string of the molecule is CN(C)Cc1ccc(NC(=O)CCC2CCNC2)cc1. The van der Waals surface area contributed by atoms with Crippen LogP contribution < -0.4 is 10.6 Å². The number of hydrogen-bond donors (Lipinski definition) is 2. The Balaban J connectivity index is 1.75. The van der Waals surface area contributed by atoms with E-state index < -0.39 is 0 Å². The minimum atomic E-state index is 0.122. The molecule has 4 nitrogen and oxygen atoms in total. The smallest absolute Gasteiger partial charge is 0.224 e. The van der Waals surface area contributed by atoms with E-state index in [9.17, 15) is 4.79 Å². The van der Waals surface area contributed by atoms with Crippen molar-refractivity contribution in [3.8, 4) is 0 Å².